The Kier molecular flexibility index (Phi) is 4.97. The lowest BCUT2D eigenvalue weighted by molar-refractivity contribution is -0.139. The van der Waals surface area contributed by atoms with Crippen molar-refractivity contribution in [2.24, 2.45) is 17.8 Å². The Balaban J connectivity index is 2.30. The molecule has 0 aromatic rings. The van der Waals surface area contributed by atoms with Gasteiger partial charge in [-0.2, -0.15) is 0 Å². The molecule has 92 valence electrons. The van der Waals surface area contributed by atoms with Gasteiger partial charge in [0.2, 0.25) is 0 Å². The van der Waals surface area contributed by atoms with E-state index in [0.717, 1.165) is 31.6 Å². The molecule has 0 atom stereocenters. The lowest BCUT2D eigenvalue weighted by Crippen LogP contribution is -2.24. The van der Waals surface area contributed by atoms with Gasteiger partial charge in [-0.25, -0.2) is 0 Å². The van der Waals surface area contributed by atoms with Crippen molar-refractivity contribution >= 4 is 11.8 Å². The van der Waals surface area contributed by atoms with E-state index in [9.17, 15) is 9.59 Å². The van der Waals surface area contributed by atoms with Crippen molar-refractivity contribution < 1.29 is 14.7 Å². The highest BCUT2D eigenvalue weighted by molar-refractivity contribution is 5.84. The Bertz CT molecular complexity index is 250. The molecule has 1 rings (SSSR count). The van der Waals surface area contributed by atoms with Gasteiger partial charge >= 0.3 is 5.97 Å². The van der Waals surface area contributed by atoms with Gasteiger partial charge in [-0.1, -0.05) is 13.8 Å². The van der Waals surface area contributed by atoms with Crippen molar-refractivity contribution in [3.63, 3.8) is 0 Å². The summed E-state index contributed by atoms with van der Waals surface area (Å²) in [6, 6.07) is 0. The molecule has 0 aromatic heterocycles. The number of aliphatic carboxylic acids is 1. The summed E-state index contributed by atoms with van der Waals surface area (Å²) in [5.41, 5.74) is 0. The molecular formula is C13H22O3. The maximum atomic E-state index is 11.7. The van der Waals surface area contributed by atoms with Crippen LogP contribution in [-0.4, -0.2) is 16.9 Å². The Morgan fingerprint density at radius 2 is 1.69 bits per heavy atom. The van der Waals surface area contributed by atoms with Crippen LogP contribution in [0.25, 0.3) is 0 Å². The Hall–Kier alpha value is -0.860. The lowest BCUT2D eigenvalue weighted by atomic mass is 9.75. The quantitative estimate of drug-likeness (QED) is 0.784. The summed E-state index contributed by atoms with van der Waals surface area (Å²) in [5.74, 6) is 0.877. The minimum atomic E-state index is -0.871. The van der Waals surface area contributed by atoms with Crippen LogP contribution in [0.2, 0.25) is 0 Å². The Morgan fingerprint density at radius 3 is 2.12 bits per heavy atom. The van der Waals surface area contributed by atoms with Crippen LogP contribution in [0.1, 0.15) is 52.4 Å². The molecule has 0 spiro atoms. The van der Waals surface area contributed by atoms with E-state index in [1.54, 1.807) is 0 Å². The zero-order chi connectivity index (χ0) is 12.1. The topological polar surface area (TPSA) is 54.4 Å². The third-order valence-corrected chi connectivity index (χ3v) is 3.76. The molecule has 0 amide bonds. The average Bonchev–Trinajstić information content (AvgIpc) is 2.26. The molecule has 0 bridgehead atoms. The van der Waals surface area contributed by atoms with Crippen molar-refractivity contribution in [3.05, 3.63) is 0 Å². The third kappa shape index (κ3) is 3.95. The molecular weight excluding hydrogens is 204 g/mol. The molecule has 0 radical (unpaired) electrons. The van der Waals surface area contributed by atoms with E-state index < -0.39 is 5.97 Å². The Morgan fingerprint density at radius 1 is 1.12 bits per heavy atom. The van der Waals surface area contributed by atoms with Crippen LogP contribution in [0.5, 0.6) is 0 Å². The monoisotopic (exact) mass is 226 g/mol. The van der Waals surface area contributed by atoms with Crippen LogP contribution in [0, 0.1) is 17.8 Å². The fraction of sp³-hybridized carbons (Fsp3) is 0.846. The van der Waals surface area contributed by atoms with E-state index >= 15 is 0 Å². The molecule has 1 fully saturated rings. The molecule has 3 heteroatoms. The number of ketones is 1. The summed E-state index contributed by atoms with van der Waals surface area (Å²) >= 11 is 0. The second-order valence-electron chi connectivity index (χ2n) is 5.22. The summed E-state index contributed by atoms with van der Waals surface area (Å²) < 4.78 is 0. The second kappa shape index (κ2) is 6.02. The summed E-state index contributed by atoms with van der Waals surface area (Å²) in [6.07, 6.45) is 4.38. The average molecular weight is 226 g/mol. The van der Waals surface area contributed by atoms with Crippen LogP contribution in [0.3, 0.4) is 0 Å². The molecule has 1 N–H and O–H groups in total. The van der Waals surface area contributed by atoms with Gasteiger partial charge in [0.1, 0.15) is 5.78 Å². The minimum Gasteiger partial charge on any atom is -0.481 e. The molecule has 0 aliphatic heterocycles. The summed E-state index contributed by atoms with van der Waals surface area (Å²) in [4.78, 5) is 22.1. The predicted molar refractivity (Wildman–Crippen MR) is 62.2 cm³/mol. The number of carbonyl (C=O) groups excluding carboxylic acids is 1. The summed E-state index contributed by atoms with van der Waals surface area (Å²) in [5, 5.41) is 8.52. The van der Waals surface area contributed by atoms with Gasteiger partial charge in [-0.3, -0.25) is 9.59 Å². The minimum absolute atomic E-state index is 0.0110. The van der Waals surface area contributed by atoms with Crippen molar-refractivity contribution in [1.82, 2.24) is 0 Å². The van der Waals surface area contributed by atoms with Crippen LogP contribution >= 0.6 is 0 Å². The van der Waals surface area contributed by atoms with Crippen molar-refractivity contribution in [2.45, 2.75) is 52.4 Å². The van der Waals surface area contributed by atoms with Gasteiger partial charge in [0.25, 0.3) is 0 Å². The van der Waals surface area contributed by atoms with E-state index in [1.807, 2.05) is 0 Å². The number of carboxylic acid groups (broad SMARTS) is 1. The highest BCUT2D eigenvalue weighted by Gasteiger charge is 2.27. The molecule has 16 heavy (non-hydrogen) atoms. The van der Waals surface area contributed by atoms with Gasteiger partial charge in [0, 0.05) is 12.3 Å². The highest BCUT2D eigenvalue weighted by atomic mass is 16.4. The van der Waals surface area contributed by atoms with Gasteiger partial charge in [0.15, 0.2) is 0 Å². The maximum Gasteiger partial charge on any atom is 0.303 e. The van der Waals surface area contributed by atoms with Gasteiger partial charge in [-0.15, -0.1) is 0 Å². The fourth-order valence-corrected chi connectivity index (χ4v) is 2.54. The molecule has 0 aromatic carbocycles. The third-order valence-electron chi connectivity index (χ3n) is 3.76. The zero-order valence-electron chi connectivity index (χ0n) is 10.2. The molecule has 0 heterocycles. The van der Waals surface area contributed by atoms with E-state index in [-0.39, 0.29) is 24.5 Å². The van der Waals surface area contributed by atoms with Crippen LogP contribution in [0.4, 0.5) is 0 Å². The highest BCUT2D eigenvalue weighted by Crippen LogP contribution is 2.34. The van der Waals surface area contributed by atoms with E-state index in [2.05, 4.69) is 13.8 Å². The summed E-state index contributed by atoms with van der Waals surface area (Å²) in [7, 11) is 0. The van der Waals surface area contributed by atoms with Crippen molar-refractivity contribution in [3.8, 4) is 0 Å². The predicted octanol–water partition coefficient (Wildman–Crippen LogP) is 2.88. The number of Topliss-reactive ketones (excluding diaryl/α,β-unsaturated/α-hetero) is 1. The number of carboxylic acids is 1. The first-order valence-corrected chi connectivity index (χ1v) is 6.25. The lowest BCUT2D eigenvalue weighted by Gasteiger charge is -2.30. The number of carbonyl (C=O) groups is 2. The van der Waals surface area contributed by atoms with Gasteiger partial charge < -0.3 is 5.11 Å². The van der Waals surface area contributed by atoms with Gasteiger partial charge in [0.05, 0.1) is 6.42 Å². The largest absolute Gasteiger partial charge is 0.481 e. The number of hydrogen-bond acceptors (Lipinski definition) is 2. The molecule has 0 saturated heterocycles. The van der Waals surface area contributed by atoms with Gasteiger partial charge in [-0.05, 0) is 37.5 Å². The van der Waals surface area contributed by atoms with Crippen LogP contribution in [-0.2, 0) is 9.59 Å². The molecule has 1 saturated carbocycles. The van der Waals surface area contributed by atoms with E-state index in [1.165, 1.54) is 0 Å². The maximum absolute atomic E-state index is 11.7. The normalized spacial score (nSPS) is 25.7. The van der Waals surface area contributed by atoms with E-state index in [0.29, 0.717) is 5.92 Å². The first-order chi connectivity index (χ1) is 7.50. The Labute approximate surface area is 97.2 Å². The molecule has 1 aliphatic carbocycles. The zero-order valence-corrected chi connectivity index (χ0v) is 10.2. The standard InChI is InChI=1S/C13H22O3/c1-9(2)10-3-5-11(6-4-10)12(14)7-8-13(15)16/h9-11H,3-8H2,1-2H3,(H,15,16)/t10-,11-. The number of rotatable bonds is 5. The second-order valence-corrected chi connectivity index (χ2v) is 5.22. The van der Waals surface area contributed by atoms with E-state index in [4.69, 9.17) is 5.11 Å². The molecule has 3 nitrogen and oxygen atoms in total. The fourth-order valence-electron chi connectivity index (χ4n) is 2.54. The first-order valence-electron chi connectivity index (χ1n) is 6.25. The van der Waals surface area contributed by atoms with Crippen molar-refractivity contribution in [2.75, 3.05) is 0 Å². The van der Waals surface area contributed by atoms with Crippen LogP contribution in [0.15, 0.2) is 0 Å². The number of hydrogen-bond donors (Lipinski definition) is 1. The molecule has 0 unspecified atom stereocenters. The van der Waals surface area contributed by atoms with Crippen LogP contribution < -0.4 is 0 Å². The smallest absolute Gasteiger partial charge is 0.303 e. The summed E-state index contributed by atoms with van der Waals surface area (Å²) in [6.45, 7) is 4.47. The SMILES string of the molecule is CC(C)[C@H]1CC[C@H](C(=O)CCC(=O)O)CC1. The molecule has 1 aliphatic rings. The first kappa shape index (κ1) is 13.2. The van der Waals surface area contributed by atoms with Crippen molar-refractivity contribution in [1.29, 1.82) is 0 Å².